The smallest absolute Gasteiger partial charge is 0.0473 e. The minimum atomic E-state index is 0.387. The van der Waals surface area contributed by atoms with Crippen LogP contribution in [0.1, 0.15) is 30.9 Å². The molecule has 0 aromatic heterocycles. The molecule has 2 unspecified atom stereocenters. The van der Waals surface area contributed by atoms with Crippen LogP contribution in [0.25, 0.3) is 0 Å². The summed E-state index contributed by atoms with van der Waals surface area (Å²) in [6, 6.07) is 9.07. The summed E-state index contributed by atoms with van der Waals surface area (Å²) < 4.78 is 0. The van der Waals surface area contributed by atoms with Gasteiger partial charge in [-0.25, -0.2) is 0 Å². The Hall–Kier alpha value is -0.570. The zero-order chi connectivity index (χ0) is 11.4. The van der Waals surface area contributed by atoms with Crippen LogP contribution in [0, 0.1) is 0 Å². The van der Waals surface area contributed by atoms with Crippen LogP contribution in [0.15, 0.2) is 24.3 Å². The molecule has 0 bridgehead atoms. The van der Waals surface area contributed by atoms with Gasteiger partial charge in [0.25, 0.3) is 0 Å². The first kappa shape index (κ1) is 11.9. The van der Waals surface area contributed by atoms with E-state index in [0.29, 0.717) is 12.1 Å². The van der Waals surface area contributed by atoms with Crippen molar-refractivity contribution in [1.82, 2.24) is 10.6 Å². The van der Waals surface area contributed by atoms with Gasteiger partial charge in [-0.1, -0.05) is 30.2 Å². The van der Waals surface area contributed by atoms with Gasteiger partial charge in [-0.2, -0.15) is 0 Å². The van der Waals surface area contributed by atoms with E-state index in [1.807, 2.05) is 19.2 Å². The molecule has 2 atom stereocenters. The molecule has 0 aliphatic carbocycles. The van der Waals surface area contributed by atoms with Gasteiger partial charge >= 0.3 is 0 Å². The molecule has 16 heavy (non-hydrogen) atoms. The Morgan fingerprint density at radius 2 is 2.06 bits per heavy atom. The second-order valence-corrected chi connectivity index (χ2v) is 4.81. The predicted molar refractivity (Wildman–Crippen MR) is 68.9 cm³/mol. The first-order chi connectivity index (χ1) is 7.81. The highest BCUT2D eigenvalue weighted by molar-refractivity contribution is 6.30. The van der Waals surface area contributed by atoms with Gasteiger partial charge in [-0.05, 0) is 44.1 Å². The Morgan fingerprint density at radius 1 is 1.31 bits per heavy atom. The van der Waals surface area contributed by atoms with E-state index in [0.717, 1.165) is 11.6 Å². The van der Waals surface area contributed by atoms with Crippen molar-refractivity contribution in [3.8, 4) is 0 Å². The van der Waals surface area contributed by atoms with E-state index in [1.54, 1.807) is 0 Å². The Kier molecular flexibility index (Phi) is 4.22. The summed E-state index contributed by atoms with van der Waals surface area (Å²) in [5.41, 5.74) is 1.31. The largest absolute Gasteiger partial charge is 0.312 e. The van der Waals surface area contributed by atoms with Gasteiger partial charge in [0.15, 0.2) is 0 Å². The molecule has 1 saturated heterocycles. The van der Waals surface area contributed by atoms with E-state index in [1.165, 1.54) is 24.8 Å². The first-order valence-electron chi connectivity index (χ1n) is 5.97. The number of likely N-dealkylation sites (N-methyl/N-ethyl adjacent to an activating group) is 1. The maximum absolute atomic E-state index is 5.91. The highest BCUT2D eigenvalue weighted by Crippen LogP contribution is 2.23. The molecule has 1 heterocycles. The highest BCUT2D eigenvalue weighted by atomic mass is 35.5. The average Bonchev–Trinajstić information content (AvgIpc) is 2.34. The first-order valence-corrected chi connectivity index (χ1v) is 6.35. The van der Waals surface area contributed by atoms with Gasteiger partial charge in [-0.15, -0.1) is 0 Å². The van der Waals surface area contributed by atoms with Crippen LogP contribution in [0.4, 0.5) is 0 Å². The van der Waals surface area contributed by atoms with Gasteiger partial charge in [0.05, 0.1) is 0 Å². The molecule has 0 saturated carbocycles. The fourth-order valence-corrected chi connectivity index (χ4v) is 2.56. The van der Waals surface area contributed by atoms with Crippen LogP contribution < -0.4 is 10.6 Å². The fraction of sp³-hybridized carbons (Fsp3) is 0.538. The third-order valence-electron chi connectivity index (χ3n) is 3.29. The van der Waals surface area contributed by atoms with Crippen molar-refractivity contribution in [1.29, 1.82) is 0 Å². The lowest BCUT2D eigenvalue weighted by Gasteiger charge is -2.31. The van der Waals surface area contributed by atoms with Crippen molar-refractivity contribution < 1.29 is 0 Å². The number of hydrogen-bond donors (Lipinski definition) is 2. The van der Waals surface area contributed by atoms with Crippen LogP contribution in [0.3, 0.4) is 0 Å². The van der Waals surface area contributed by atoms with E-state index in [4.69, 9.17) is 11.6 Å². The minimum absolute atomic E-state index is 0.387. The summed E-state index contributed by atoms with van der Waals surface area (Å²) >= 11 is 5.91. The van der Waals surface area contributed by atoms with E-state index < -0.39 is 0 Å². The SMILES string of the molecule is CNC(c1ccc(Cl)cc1)C1CCCCN1. The Labute approximate surface area is 102 Å². The Balaban J connectivity index is 2.11. The molecule has 1 aromatic carbocycles. The van der Waals surface area contributed by atoms with Crippen LogP contribution in [-0.2, 0) is 0 Å². The van der Waals surface area contributed by atoms with Gasteiger partial charge in [-0.3, -0.25) is 0 Å². The second-order valence-electron chi connectivity index (χ2n) is 4.37. The van der Waals surface area contributed by atoms with Crippen molar-refractivity contribution in [2.75, 3.05) is 13.6 Å². The molecule has 0 amide bonds. The zero-order valence-corrected chi connectivity index (χ0v) is 10.4. The normalized spacial score (nSPS) is 23.0. The van der Waals surface area contributed by atoms with Crippen molar-refractivity contribution in [3.05, 3.63) is 34.9 Å². The third-order valence-corrected chi connectivity index (χ3v) is 3.54. The Bertz CT molecular complexity index is 317. The molecule has 2 rings (SSSR count). The number of piperidine rings is 1. The summed E-state index contributed by atoms with van der Waals surface area (Å²) in [6.07, 6.45) is 3.87. The van der Waals surface area contributed by atoms with Crippen LogP contribution in [0.2, 0.25) is 5.02 Å². The molecule has 2 N–H and O–H groups in total. The minimum Gasteiger partial charge on any atom is -0.312 e. The summed E-state index contributed by atoms with van der Waals surface area (Å²) in [5, 5.41) is 7.79. The van der Waals surface area contributed by atoms with E-state index >= 15 is 0 Å². The van der Waals surface area contributed by atoms with Crippen molar-refractivity contribution >= 4 is 11.6 Å². The van der Waals surface area contributed by atoms with E-state index in [9.17, 15) is 0 Å². The lowest BCUT2D eigenvalue weighted by molar-refractivity contribution is 0.326. The molecular weight excluding hydrogens is 220 g/mol. The van der Waals surface area contributed by atoms with Crippen LogP contribution >= 0.6 is 11.6 Å². The Morgan fingerprint density at radius 3 is 2.62 bits per heavy atom. The van der Waals surface area contributed by atoms with Crippen molar-refractivity contribution in [2.45, 2.75) is 31.3 Å². The number of halogens is 1. The molecule has 88 valence electrons. The monoisotopic (exact) mass is 238 g/mol. The summed E-state index contributed by atoms with van der Waals surface area (Å²) in [6.45, 7) is 1.14. The van der Waals surface area contributed by atoms with E-state index in [2.05, 4.69) is 22.8 Å². The van der Waals surface area contributed by atoms with Gasteiger partial charge in [0.1, 0.15) is 0 Å². The standard InChI is InChI=1S/C13H19ClN2/c1-15-13(12-4-2-3-9-16-12)10-5-7-11(14)8-6-10/h5-8,12-13,15-16H,2-4,9H2,1H3. The lowest BCUT2D eigenvalue weighted by atomic mass is 9.93. The predicted octanol–water partition coefficient (Wildman–Crippen LogP) is 2.74. The third kappa shape index (κ3) is 2.76. The molecule has 3 heteroatoms. The molecule has 1 fully saturated rings. The number of benzene rings is 1. The fourth-order valence-electron chi connectivity index (χ4n) is 2.43. The zero-order valence-electron chi connectivity index (χ0n) is 9.67. The maximum atomic E-state index is 5.91. The van der Waals surface area contributed by atoms with Crippen molar-refractivity contribution in [2.24, 2.45) is 0 Å². The quantitative estimate of drug-likeness (QED) is 0.846. The van der Waals surface area contributed by atoms with Crippen LogP contribution in [-0.4, -0.2) is 19.6 Å². The highest BCUT2D eigenvalue weighted by Gasteiger charge is 2.22. The average molecular weight is 239 g/mol. The topological polar surface area (TPSA) is 24.1 Å². The number of nitrogens with one attached hydrogen (secondary N) is 2. The van der Waals surface area contributed by atoms with Gasteiger partial charge in [0.2, 0.25) is 0 Å². The van der Waals surface area contributed by atoms with Crippen molar-refractivity contribution in [3.63, 3.8) is 0 Å². The molecule has 0 spiro atoms. The number of hydrogen-bond acceptors (Lipinski definition) is 2. The van der Waals surface area contributed by atoms with E-state index in [-0.39, 0.29) is 0 Å². The molecule has 2 nitrogen and oxygen atoms in total. The molecule has 1 aliphatic heterocycles. The summed E-state index contributed by atoms with van der Waals surface area (Å²) in [5.74, 6) is 0. The van der Waals surface area contributed by atoms with Gasteiger partial charge < -0.3 is 10.6 Å². The second kappa shape index (κ2) is 5.67. The molecule has 1 aromatic rings. The lowest BCUT2D eigenvalue weighted by Crippen LogP contribution is -2.43. The molecule has 1 aliphatic rings. The molecular formula is C13H19ClN2. The summed E-state index contributed by atoms with van der Waals surface area (Å²) in [4.78, 5) is 0. The maximum Gasteiger partial charge on any atom is 0.0473 e. The molecule has 0 radical (unpaired) electrons. The van der Waals surface area contributed by atoms with Crippen LogP contribution in [0.5, 0.6) is 0 Å². The summed E-state index contributed by atoms with van der Waals surface area (Å²) in [7, 11) is 2.02. The van der Waals surface area contributed by atoms with Gasteiger partial charge in [0, 0.05) is 17.1 Å². The number of rotatable bonds is 3.